The minimum atomic E-state index is -0.529. The van der Waals surface area contributed by atoms with Crippen LogP contribution in [0.1, 0.15) is 20.8 Å². The van der Waals surface area contributed by atoms with E-state index in [0.717, 1.165) is 11.1 Å². The number of hydrogen-bond acceptors (Lipinski definition) is 8. The molecule has 0 radical (unpaired) electrons. The summed E-state index contributed by atoms with van der Waals surface area (Å²) < 4.78 is 22.0. The summed E-state index contributed by atoms with van der Waals surface area (Å²) in [4.78, 5) is 20.5. The van der Waals surface area contributed by atoms with Gasteiger partial charge in [0.15, 0.2) is 5.76 Å². The lowest BCUT2D eigenvalue weighted by molar-refractivity contribution is 0.0520. The minimum Gasteiger partial charge on any atom is -0.492 e. The van der Waals surface area contributed by atoms with E-state index in [4.69, 9.17) is 18.6 Å². The van der Waals surface area contributed by atoms with E-state index in [1.165, 1.54) is 11.8 Å². The Bertz CT molecular complexity index is 1030. The Balaban J connectivity index is 1.65. The number of oxazole rings is 1. The summed E-state index contributed by atoms with van der Waals surface area (Å²) in [5.41, 5.74) is 1.87. The van der Waals surface area contributed by atoms with Gasteiger partial charge < -0.3 is 23.9 Å². The highest BCUT2D eigenvalue weighted by molar-refractivity contribution is 7.98. The van der Waals surface area contributed by atoms with Crippen molar-refractivity contribution in [2.24, 2.45) is 0 Å². The molecule has 9 heteroatoms. The van der Waals surface area contributed by atoms with Crippen LogP contribution in [0.4, 0.5) is 4.79 Å². The highest BCUT2D eigenvalue weighted by atomic mass is 32.2. The number of carbonyl (C=O) groups excluding carboxylic acids is 1. The third-order valence-electron chi connectivity index (χ3n) is 4.16. The van der Waals surface area contributed by atoms with E-state index in [1.807, 2.05) is 57.4 Å². The Morgan fingerprint density at radius 1 is 1.12 bits per heavy atom. The molecule has 0 aliphatic rings. The average Bonchev–Trinajstić information content (AvgIpc) is 3.20. The van der Waals surface area contributed by atoms with Crippen molar-refractivity contribution < 1.29 is 23.4 Å². The molecular formula is C23H27N3O5S. The Morgan fingerprint density at radius 3 is 2.44 bits per heavy atom. The van der Waals surface area contributed by atoms with Crippen LogP contribution in [-0.2, 0) is 4.74 Å². The van der Waals surface area contributed by atoms with E-state index < -0.39 is 11.7 Å². The van der Waals surface area contributed by atoms with Crippen LogP contribution in [0.2, 0.25) is 0 Å². The maximum absolute atomic E-state index is 11.7. The molecule has 1 aromatic carbocycles. The number of benzene rings is 1. The zero-order chi connectivity index (χ0) is 23.1. The highest BCUT2D eigenvalue weighted by Crippen LogP contribution is 2.35. The third-order valence-corrected chi connectivity index (χ3v) is 4.68. The molecule has 0 aliphatic heterocycles. The van der Waals surface area contributed by atoms with Gasteiger partial charge in [0.05, 0.1) is 13.7 Å². The summed E-state index contributed by atoms with van der Waals surface area (Å²) in [7, 11) is 1.58. The zero-order valence-electron chi connectivity index (χ0n) is 18.8. The van der Waals surface area contributed by atoms with Crippen LogP contribution >= 0.6 is 11.8 Å². The summed E-state index contributed by atoms with van der Waals surface area (Å²) in [6.45, 7) is 6.11. The van der Waals surface area contributed by atoms with E-state index in [0.29, 0.717) is 41.5 Å². The van der Waals surface area contributed by atoms with Crippen LogP contribution in [-0.4, -0.2) is 48.2 Å². The van der Waals surface area contributed by atoms with Crippen LogP contribution in [0.5, 0.6) is 11.6 Å². The number of rotatable bonds is 8. The number of nitrogens with one attached hydrogen (secondary N) is 1. The molecule has 2 aromatic heterocycles. The molecule has 3 rings (SSSR count). The Morgan fingerprint density at radius 2 is 1.84 bits per heavy atom. The summed E-state index contributed by atoms with van der Waals surface area (Å²) in [6.07, 6.45) is 3.15. The van der Waals surface area contributed by atoms with Crippen molar-refractivity contribution in [1.82, 2.24) is 15.3 Å². The van der Waals surface area contributed by atoms with Crippen LogP contribution in [0.3, 0.4) is 0 Å². The predicted molar refractivity (Wildman–Crippen MR) is 123 cm³/mol. The molecule has 0 saturated carbocycles. The van der Waals surface area contributed by atoms with E-state index in [9.17, 15) is 4.79 Å². The number of methoxy groups -OCH3 is 1. The summed E-state index contributed by atoms with van der Waals surface area (Å²) in [5.74, 6) is 1.86. The predicted octanol–water partition coefficient (Wildman–Crippen LogP) is 5.04. The second-order valence-corrected chi connectivity index (χ2v) is 8.51. The smallest absolute Gasteiger partial charge is 0.407 e. The highest BCUT2D eigenvalue weighted by Gasteiger charge is 2.18. The Kier molecular flexibility index (Phi) is 7.63. The fourth-order valence-electron chi connectivity index (χ4n) is 2.76. The lowest BCUT2D eigenvalue weighted by Crippen LogP contribution is -2.34. The van der Waals surface area contributed by atoms with Gasteiger partial charge in [0, 0.05) is 23.4 Å². The second kappa shape index (κ2) is 10.4. The van der Waals surface area contributed by atoms with Crippen molar-refractivity contribution in [3.63, 3.8) is 0 Å². The first-order valence-electron chi connectivity index (χ1n) is 10.0. The number of pyridine rings is 1. The van der Waals surface area contributed by atoms with Crippen molar-refractivity contribution in [3.05, 3.63) is 42.6 Å². The van der Waals surface area contributed by atoms with E-state index >= 15 is 0 Å². The van der Waals surface area contributed by atoms with E-state index in [2.05, 4.69) is 15.3 Å². The molecule has 0 aliphatic carbocycles. The third kappa shape index (κ3) is 6.40. The average molecular weight is 458 g/mol. The number of carbonyl (C=O) groups is 1. The van der Waals surface area contributed by atoms with Gasteiger partial charge in [-0.1, -0.05) is 11.8 Å². The first kappa shape index (κ1) is 23.5. The molecule has 0 fully saturated rings. The SMILES string of the molecule is COc1ccc(-c2nc(SC)oc2-c2ccc(OCCNC(=O)OC(C)(C)C)cc2)cn1. The van der Waals surface area contributed by atoms with Gasteiger partial charge in [0.1, 0.15) is 23.7 Å². The maximum atomic E-state index is 11.7. The van der Waals surface area contributed by atoms with Gasteiger partial charge in [-0.2, -0.15) is 0 Å². The zero-order valence-corrected chi connectivity index (χ0v) is 19.6. The number of thioether (sulfide) groups is 1. The van der Waals surface area contributed by atoms with Crippen LogP contribution < -0.4 is 14.8 Å². The summed E-state index contributed by atoms with van der Waals surface area (Å²) in [5, 5.41) is 3.23. The Hall–Kier alpha value is -3.20. The lowest BCUT2D eigenvalue weighted by atomic mass is 10.1. The van der Waals surface area contributed by atoms with E-state index in [1.54, 1.807) is 19.4 Å². The normalized spacial score (nSPS) is 11.2. The molecule has 0 unspecified atom stereocenters. The van der Waals surface area contributed by atoms with Crippen molar-refractivity contribution >= 4 is 17.9 Å². The monoisotopic (exact) mass is 457 g/mol. The lowest BCUT2D eigenvalue weighted by Gasteiger charge is -2.19. The summed E-state index contributed by atoms with van der Waals surface area (Å²) in [6, 6.07) is 11.2. The van der Waals surface area contributed by atoms with Gasteiger partial charge >= 0.3 is 6.09 Å². The van der Waals surface area contributed by atoms with Gasteiger partial charge in [-0.15, -0.1) is 0 Å². The number of hydrogen-bond donors (Lipinski definition) is 1. The van der Waals surface area contributed by atoms with Crippen LogP contribution in [0, 0.1) is 0 Å². The maximum Gasteiger partial charge on any atom is 0.407 e. The second-order valence-electron chi connectivity index (χ2n) is 7.75. The molecule has 0 bridgehead atoms. The van der Waals surface area contributed by atoms with E-state index in [-0.39, 0.29) is 0 Å². The first-order chi connectivity index (χ1) is 15.3. The number of ether oxygens (including phenoxy) is 3. The molecule has 0 saturated heterocycles. The summed E-state index contributed by atoms with van der Waals surface area (Å²) >= 11 is 1.43. The molecule has 32 heavy (non-hydrogen) atoms. The molecule has 1 N–H and O–H groups in total. The quantitative estimate of drug-likeness (QED) is 0.371. The van der Waals surface area contributed by atoms with Crippen molar-refractivity contribution in [1.29, 1.82) is 0 Å². The number of aromatic nitrogens is 2. The fraction of sp³-hybridized carbons (Fsp3) is 0.348. The van der Waals surface area contributed by atoms with Gasteiger partial charge in [0.2, 0.25) is 5.88 Å². The Labute approximate surface area is 191 Å². The number of amides is 1. The molecule has 0 spiro atoms. The minimum absolute atomic E-state index is 0.320. The first-order valence-corrected chi connectivity index (χ1v) is 11.3. The fourth-order valence-corrected chi connectivity index (χ4v) is 3.11. The van der Waals surface area contributed by atoms with Gasteiger partial charge in [-0.05, 0) is 57.4 Å². The molecule has 3 aromatic rings. The van der Waals surface area contributed by atoms with Crippen molar-refractivity contribution in [3.8, 4) is 34.2 Å². The van der Waals surface area contributed by atoms with Gasteiger partial charge in [-0.3, -0.25) is 0 Å². The molecule has 1 amide bonds. The number of alkyl carbamates (subject to hydrolysis) is 1. The molecular weight excluding hydrogens is 430 g/mol. The largest absolute Gasteiger partial charge is 0.492 e. The van der Waals surface area contributed by atoms with Crippen LogP contribution in [0.25, 0.3) is 22.6 Å². The van der Waals surface area contributed by atoms with Gasteiger partial charge in [-0.25, -0.2) is 14.8 Å². The molecule has 0 atom stereocenters. The molecule has 170 valence electrons. The number of nitrogens with zero attached hydrogens (tertiary/aromatic N) is 2. The van der Waals surface area contributed by atoms with Crippen molar-refractivity contribution in [2.45, 2.75) is 31.6 Å². The molecule has 8 nitrogen and oxygen atoms in total. The van der Waals surface area contributed by atoms with Crippen molar-refractivity contribution in [2.75, 3.05) is 26.5 Å². The van der Waals surface area contributed by atoms with Crippen LogP contribution in [0.15, 0.2) is 52.2 Å². The molecule has 2 heterocycles. The standard InChI is InChI=1S/C23H27N3O5S/c1-23(2,3)31-21(27)24-12-13-29-17-9-6-15(7-10-17)20-19(26-22(30-20)32-5)16-8-11-18(28-4)25-14-16/h6-11,14H,12-13H2,1-5H3,(H,24,27). The topological polar surface area (TPSA) is 95.7 Å². The van der Waals surface area contributed by atoms with Gasteiger partial charge in [0.25, 0.3) is 5.22 Å².